The smallest absolute Gasteiger partial charge is 0.354 e. The van der Waals surface area contributed by atoms with E-state index >= 15 is 0 Å². The number of nitrogens with zero attached hydrogens (tertiary/aromatic N) is 2. The summed E-state index contributed by atoms with van der Waals surface area (Å²) in [5, 5.41) is 2.87. The SMILES string of the molecule is CCCCNC(=O)[C@@H](Cc1ccccc1)N(Cc1ccccc1)C(=O)CN(c1cccc(C(F)(F)F)c1)S(C)(=O)=O. The van der Waals surface area contributed by atoms with Crippen molar-refractivity contribution in [2.45, 2.75) is 44.9 Å². The Hall–Kier alpha value is -3.86. The second kappa shape index (κ2) is 14.2. The van der Waals surface area contributed by atoms with Crippen molar-refractivity contribution in [1.82, 2.24) is 10.2 Å². The predicted octanol–water partition coefficient (Wildman–Crippen LogP) is 5.03. The first kappa shape index (κ1) is 31.7. The Bertz CT molecular complexity index is 1400. The second-order valence-electron chi connectivity index (χ2n) is 9.68. The van der Waals surface area contributed by atoms with Gasteiger partial charge in [-0.05, 0) is 35.7 Å². The summed E-state index contributed by atoms with van der Waals surface area (Å²) in [6.07, 6.45) is -2.16. The van der Waals surface area contributed by atoms with Crippen molar-refractivity contribution in [3.05, 3.63) is 102 Å². The molecule has 0 saturated carbocycles. The Morgan fingerprint density at radius 3 is 2.07 bits per heavy atom. The molecule has 3 aromatic rings. The van der Waals surface area contributed by atoms with Crippen LogP contribution in [0.2, 0.25) is 0 Å². The fourth-order valence-electron chi connectivity index (χ4n) is 4.29. The number of halogens is 3. The quantitative estimate of drug-likeness (QED) is 0.284. The van der Waals surface area contributed by atoms with E-state index in [0.717, 1.165) is 36.8 Å². The Labute approximate surface area is 239 Å². The molecule has 0 spiro atoms. The molecule has 3 rings (SSSR count). The maximum Gasteiger partial charge on any atom is 0.416 e. The predicted molar refractivity (Wildman–Crippen MR) is 152 cm³/mol. The van der Waals surface area contributed by atoms with Gasteiger partial charge in [0.15, 0.2) is 0 Å². The van der Waals surface area contributed by atoms with E-state index in [2.05, 4.69) is 5.32 Å². The molecule has 0 aromatic heterocycles. The number of sulfonamides is 1. The molecule has 1 N–H and O–H groups in total. The van der Waals surface area contributed by atoms with E-state index in [0.29, 0.717) is 22.5 Å². The number of carbonyl (C=O) groups is 2. The maximum atomic E-state index is 13.9. The first-order valence-electron chi connectivity index (χ1n) is 13.2. The van der Waals surface area contributed by atoms with Crippen molar-refractivity contribution in [3.63, 3.8) is 0 Å². The van der Waals surface area contributed by atoms with E-state index < -0.39 is 46.2 Å². The highest BCUT2D eigenvalue weighted by atomic mass is 32.2. The zero-order valence-electron chi connectivity index (χ0n) is 23.0. The normalized spacial score (nSPS) is 12.4. The van der Waals surface area contributed by atoms with Crippen LogP contribution in [0.15, 0.2) is 84.9 Å². The number of amides is 2. The third-order valence-corrected chi connectivity index (χ3v) is 7.58. The number of benzene rings is 3. The van der Waals surface area contributed by atoms with Crippen molar-refractivity contribution in [2.24, 2.45) is 0 Å². The molecule has 0 aliphatic rings. The summed E-state index contributed by atoms with van der Waals surface area (Å²) in [7, 11) is -4.19. The van der Waals surface area contributed by atoms with E-state index in [9.17, 15) is 31.2 Å². The topological polar surface area (TPSA) is 86.8 Å². The van der Waals surface area contributed by atoms with Crippen molar-refractivity contribution in [1.29, 1.82) is 0 Å². The first-order chi connectivity index (χ1) is 19.4. The number of carbonyl (C=O) groups excluding carboxylic acids is 2. The number of unbranched alkanes of at least 4 members (excludes halogenated alkanes) is 1. The third-order valence-electron chi connectivity index (χ3n) is 6.44. The molecule has 0 fully saturated rings. The summed E-state index contributed by atoms with van der Waals surface area (Å²) >= 11 is 0. The minimum atomic E-state index is -4.71. The lowest BCUT2D eigenvalue weighted by Crippen LogP contribution is -2.53. The third kappa shape index (κ3) is 9.34. The zero-order chi connectivity index (χ0) is 30.0. The van der Waals surface area contributed by atoms with Crippen LogP contribution in [0.4, 0.5) is 18.9 Å². The van der Waals surface area contributed by atoms with Gasteiger partial charge in [0.25, 0.3) is 0 Å². The van der Waals surface area contributed by atoms with Crippen molar-refractivity contribution in [3.8, 4) is 0 Å². The number of hydrogen-bond acceptors (Lipinski definition) is 4. The maximum absolute atomic E-state index is 13.9. The lowest BCUT2D eigenvalue weighted by molar-refractivity contribution is -0.140. The van der Waals surface area contributed by atoms with Gasteiger partial charge in [-0.25, -0.2) is 8.42 Å². The molecule has 0 radical (unpaired) electrons. The summed E-state index contributed by atoms with van der Waals surface area (Å²) in [5.74, 6) is -1.14. The lowest BCUT2D eigenvalue weighted by atomic mass is 10.0. The van der Waals surface area contributed by atoms with Gasteiger partial charge >= 0.3 is 6.18 Å². The van der Waals surface area contributed by atoms with Gasteiger partial charge < -0.3 is 10.2 Å². The largest absolute Gasteiger partial charge is 0.416 e. The fourth-order valence-corrected chi connectivity index (χ4v) is 5.13. The highest BCUT2D eigenvalue weighted by molar-refractivity contribution is 7.92. The standard InChI is InChI=1S/C30H34F3N3O4S/c1-3-4-18-34-29(38)27(19-23-12-7-5-8-13-23)35(21-24-14-9-6-10-15-24)28(37)22-36(41(2,39)40)26-17-11-16-25(20-26)30(31,32)33/h5-17,20,27H,3-4,18-19,21-22H2,1-2H3,(H,34,38)/t27-/m1/s1. The average Bonchev–Trinajstić information content (AvgIpc) is 2.93. The van der Waals surface area contributed by atoms with E-state index in [4.69, 9.17) is 0 Å². The van der Waals surface area contributed by atoms with Crippen LogP contribution in [0.5, 0.6) is 0 Å². The van der Waals surface area contributed by atoms with Gasteiger partial charge in [-0.2, -0.15) is 13.2 Å². The van der Waals surface area contributed by atoms with Crippen LogP contribution in [0.3, 0.4) is 0 Å². The van der Waals surface area contributed by atoms with Crippen molar-refractivity contribution in [2.75, 3.05) is 23.7 Å². The Morgan fingerprint density at radius 1 is 0.902 bits per heavy atom. The molecule has 11 heteroatoms. The monoisotopic (exact) mass is 589 g/mol. The van der Waals surface area contributed by atoms with Gasteiger partial charge in [0.1, 0.15) is 12.6 Å². The van der Waals surface area contributed by atoms with Gasteiger partial charge in [-0.15, -0.1) is 0 Å². The molecule has 0 heterocycles. The van der Waals surface area contributed by atoms with Gasteiger partial charge in [-0.1, -0.05) is 80.1 Å². The highest BCUT2D eigenvalue weighted by Crippen LogP contribution is 2.32. The molecule has 1 atom stereocenters. The summed E-state index contributed by atoms with van der Waals surface area (Å²) in [6.45, 7) is 1.57. The summed E-state index contributed by atoms with van der Waals surface area (Å²) in [5.41, 5.74) is 0.133. The van der Waals surface area contributed by atoms with Crippen LogP contribution in [0.1, 0.15) is 36.5 Å². The molecular formula is C30H34F3N3O4S. The summed E-state index contributed by atoms with van der Waals surface area (Å²) in [4.78, 5) is 28.7. The number of nitrogens with one attached hydrogen (secondary N) is 1. The van der Waals surface area contributed by atoms with Crippen LogP contribution in [0, 0.1) is 0 Å². The minimum Gasteiger partial charge on any atom is -0.354 e. The summed E-state index contributed by atoms with van der Waals surface area (Å²) < 4.78 is 66.4. The van der Waals surface area contributed by atoms with Crippen LogP contribution < -0.4 is 9.62 Å². The molecule has 3 aromatic carbocycles. The van der Waals surface area contributed by atoms with Crippen LogP contribution in [0.25, 0.3) is 0 Å². The van der Waals surface area contributed by atoms with Gasteiger partial charge in [0.2, 0.25) is 21.8 Å². The number of anilines is 1. The molecule has 220 valence electrons. The van der Waals surface area contributed by atoms with E-state index in [1.165, 1.54) is 11.0 Å². The number of alkyl halides is 3. The first-order valence-corrected chi connectivity index (χ1v) is 15.0. The molecule has 0 saturated heterocycles. The van der Waals surface area contributed by atoms with Crippen LogP contribution >= 0.6 is 0 Å². The minimum absolute atomic E-state index is 0.0153. The molecule has 0 unspecified atom stereocenters. The molecule has 7 nitrogen and oxygen atoms in total. The lowest BCUT2D eigenvalue weighted by Gasteiger charge is -2.33. The Balaban J connectivity index is 2.04. The van der Waals surface area contributed by atoms with E-state index in [1.54, 1.807) is 30.3 Å². The fraction of sp³-hybridized carbons (Fsp3) is 0.333. The molecule has 0 bridgehead atoms. The molecule has 2 amide bonds. The Kier molecular flexibility index (Phi) is 10.9. The van der Waals surface area contributed by atoms with E-state index in [-0.39, 0.29) is 18.7 Å². The zero-order valence-corrected chi connectivity index (χ0v) is 23.8. The number of hydrogen-bond donors (Lipinski definition) is 1. The van der Waals surface area contributed by atoms with Crippen molar-refractivity contribution >= 4 is 27.5 Å². The van der Waals surface area contributed by atoms with Crippen LogP contribution in [-0.4, -0.2) is 50.5 Å². The van der Waals surface area contributed by atoms with Crippen molar-refractivity contribution < 1.29 is 31.2 Å². The van der Waals surface area contributed by atoms with Gasteiger partial charge in [0, 0.05) is 19.5 Å². The average molecular weight is 590 g/mol. The highest BCUT2D eigenvalue weighted by Gasteiger charge is 2.35. The molecular weight excluding hydrogens is 555 g/mol. The summed E-state index contributed by atoms with van der Waals surface area (Å²) in [6, 6.07) is 20.8. The Morgan fingerprint density at radius 2 is 1.51 bits per heavy atom. The van der Waals surface area contributed by atoms with Crippen LogP contribution in [-0.2, 0) is 38.8 Å². The number of rotatable bonds is 13. The van der Waals surface area contributed by atoms with Gasteiger partial charge in [0.05, 0.1) is 17.5 Å². The second-order valence-corrected chi connectivity index (χ2v) is 11.6. The van der Waals surface area contributed by atoms with Gasteiger partial charge in [-0.3, -0.25) is 13.9 Å². The van der Waals surface area contributed by atoms with E-state index in [1.807, 2.05) is 37.3 Å². The molecule has 41 heavy (non-hydrogen) atoms. The molecule has 0 aliphatic carbocycles. The molecule has 0 aliphatic heterocycles.